The quantitative estimate of drug-likeness (QED) is 0.487. The van der Waals surface area contributed by atoms with Crippen LogP contribution in [-0.2, 0) is 23.9 Å². The molecule has 0 radical (unpaired) electrons. The number of amides is 1. The molecular weight excluding hydrogens is 400 g/mol. The highest BCUT2D eigenvalue weighted by atomic mass is 32.2. The van der Waals surface area contributed by atoms with Crippen LogP contribution in [0.5, 0.6) is 5.75 Å². The molecular formula is C19H24N2O7S. The van der Waals surface area contributed by atoms with Crippen molar-refractivity contribution in [3.8, 4) is 5.75 Å². The molecule has 9 nitrogen and oxygen atoms in total. The summed E-state index contributed by atoms with van der Waals surface area (Å²) in [5.41, 5.74) is 0. The van der Waals surface area contributed by atoms with Crippen LogP contribution in [-0.4, -0.2) is 64.2 Å². The summed E-state index contributed by atoms with van der Waals surface area (Å²) in [4.78, 5) is 47.5. The number of esters is 1. The molecule has 1 fully saturated rings. The third-order valence-electron chi connectivity index (χ3n) is 4.11. The van der Waals surface area contributed by atoms with E-state index in [0.29, 0.717) is 5.75 Å². The van der Waals surface area contributed by atoms with Gasteiger partial charge in [0.25, 0.3) is 5.91 Å². The van der Waals surface area contributed by atoms with Crippen molar-refractivity contribution >= 4 is 35.4 Å². The number of nitrogens with one attached hydrogen (secondary N) is 2. The molecule has 0 spiro atoms. The first-order chi connectivity index (χ1) is 13.6. The lowest BCUT2D eigenvalue weighted by molar-refractivity contribution is -0.151. The summed E-state index contributed by atoms with van der Waals surface area (Å²) in [6, 6.07) is 6.54. The molecule has 29 heavy (non-hydrogen) atoms. The molecule has 1 aromatic carbocycles. The molecule has 1 heterocycles. The lowest BCUT2D eigenvalue weighted by Crippen LogP contribution is -2.55. The molecule has 2 rings (SSSR count). The first-order valence-electron chi connectivity index (χ1n) is 8.90. The van der Waals surface area contributed by atoms with Crippen molar-refractivity contribution < 1.29 is 33.8 Å². The fourth-order valence-corrected chi connectivity index (χ4v) is 4.21. The summed E-state index contributed by atoms with van der Waals surface area (Å²) in [6.45, 7) is 3.93. The summed E-state index contributed by atoms with van der Waals surface area (Å²) in [7, 11) is 0. The number of para-hydroxylation sites is 1. The maximum Gasteiger partial charge on any atom is 0.331 e. The zero-order chi connectivity index (χ0) is 21.6. The Hall–Kier alpha value is -2.59. The first-order valence-corrected chi connectivity index (χ1v) is 9.78. The number of rotatable bonds is 9. The molecule has 1 saturated heterocycles. The van der Waals surface area contributed by atoms with Crippen molar-refractivity contribution in [2.45, 2.75) is 43.0 Å². The van der Waals surface area contributed by atoms with Gasteiger partial charge in [0, 0.05) is 4.75 Å². The predicted molar refractivity (Wildman–Crippen MR) is 106 cm³/mol. The molecule has 0 unspecified atom stereocenters. The van der Waals surface area contributed by atoms with Gasteiger partial charge in [-0.15, -0.1) is 11.8 Å². The second-order valence-electron chi connectivity index (χ2n) is 7.04. The van der Waals surface area contributed by atoms with Gasteiger partial charge in [0.15, 0.2) is 18.4 Å². The molecule has 0 bridgehead atoms. The maximum absolute atomic E-state index is 12.5. The Balaban J connectivity index is 2.08. The van der Waals surface area contributed by atoms with Crippen LogP contribution in [0, 0.1) is 0 Å². The van der Waals surface area contributed by atoms with Crippen LogP contribution in [0.15, 0.2) is 30.3 Å². The van der Waals surface area contributed by atoms with E-state index in [1.807, 2.05) is 0 Å². The number of aliphatic carboxylic acids is 1. The number of carbonyl (C=O) groups excluding carboxylic acids is 3. The number of carboxylic acid groups (broad SMARTS) is 1. The van der Waals surface area contributed by atoms with Gasteiger partial charge >= 0.3 is 11.9 Å². The van der Waals surface area contributed by atoms with Crippen LogP contribution in [0.1, 0.15) is 20.8 Å². The minimum Gasteiger partial charge on any atom is -0.484 e. The second-order valence-corrected chi connectivity index (χ2v) is 8.83. The topological polar surface area (TPSA) is 131 Å². The van der Waals surface area contributed by atoms with E-state index in [9.17, 15) is 24.3 Å². The SMILES string of the molecule is CC(=O)COC(=O)[C@@H](NC(=O)COc1ccccc1)[C@@H]1N[C@@H](C(=O)O)C(C)(C)S1. The minimum atomic E-state index is -1.20. The van der Waals surface area contributed by atoms with Crippen LogP contribution >= 0.6 is 11.8 Å². The Labute approximate surface area is 172 Å². The Morgan fingerprint density at radius 2 is 1.86 bits per heavy atom. The smallest absolute Gasteiger partial charge is 0.331 e. The average molecular weight is 424 g/mol. The molecule has 0 aliphatic carbocycles. The summed E-state index contributed by atoms with van der Waals surface area (Å²) < 4.78 is 9.60. The van der Waals surface area contributed by atoms with Gasteiger partial charge in [0.2, 0.25) is 0 Å². The predicted octanol–water partition coefficient (Wildman–Crippen LogP) is 0.577. The van der Waals surface area contributed by atoms with Crippen LogP contribution in [0.25, 0.3) is 0 Å². The summed E-state index contributed by atoms with van der Waals surface area (Å²) >= 11 is 1.20. The van der Waals surface area contributed by atoms with Gasteiger partial charge in [-0.1, -0.05) is 18.2 Å². The molecule has 3 atom stereocenters. The van der Waals surface area contributed by atoms with Crippen LogP contribution < -0.4 is 15.4 Å². The first kappa shape index (κ1) is 22.7. The highest BCUT2D eigenvalue weighted by molar-refractivity contribution is 8.01. The highest BCUT2D eigenvalue weighted by Gasteiger charge is 2.49. The Bertz CT molecular complexity index is 769. The fraction of sp³-hybridized carbons (Fsp3) is 0.474. The molecule has 158 valence electrons. The Morgan fingerprint density at radius 3 is 2.41 bits per heavy atom. The molecule has 1 aliphatic rings. The van der Waals surface area contributed by atoms with Gasteiger partial charge in [-0.3, -0.25) is 19.7 Å². The van der Waals surface area contributed by atoms with Crippen LogP contribution in [0.3, 0.4) is 0 Å². The maximum atomic E-state index is 12.5. The fourth-order valence-electron chi connectivity index (χ4n) is 2.73. The monoisotopic (exact) mass is 424 g/mol. The zero-order valence-electron chi connectivity index (χ0n) is 16.3. The number of carboxylic acids is 1. The zero-order valence-corrected chi connectivity index (χ0v) is 17.2. The number of hydrogen-bond acceptors (Lipinski definition) is 8. The molecule has 1 amide bonds. The van der Waals surface area contributed by atoms with Crippen LogP contribution in [0.4, 0.5) is 0 Å². The number of ether oxygens (including phenoxy) is 2. The molecule has 0 aromatic heterocycles. The number of Topliss-reactive ketones (excluding diaryl/α,β-unsaturated/α-hetero) is 1. The summed E-state index contributed by atoms with van der Waals surface area (Å²) in [6.07, 6.45) is 0. The number of hydrogen-bond donors (Lipinski definition) is 3. The van der Waals surface area contributed by atoms with Gasteiger partial charge in [0.1, 0.15) is 18.4 Å². The molecule has 10 heteroatoms. The van der Waals surface area contributed by atoms with Crippen molar-refractivity contribution in [3.63, 3.8) is 0 Å². The van der Waals surface area contributed by atoms with E-state index < -0.39 is 46.7 Å². The van der Waals surface area contributed by atoms with E-state index in [1.54, 1.807) is 44.2 Å². The average Bonchev–Trinajstić information content (AvgIpc) is 2.98. The molecule has 3 N–H and O–H groups in total. The van der Waals surface area contributed by atoms with E-state index in [2.05, 4.69) is 10.6 Å². The normalized spacial score (nSPS) is 21.1. The van der Waals surface area contributed by atoms with E-state index in [-0.39, 0.29) is 12.4 Å². The number of benzene rings is 1. The van der Waals surface area contributed by atoms with Crippen molar-refractivity contribution in [3.05, 3.63) is 30.3 Å². The molecule has 1 aliphatic heterocycles. The number of thioether (sulfide) groups is 1. The van der Waals surface area contributed by atoms with Gasteiger partial charge in [-0.25, -0.2) is 4.79 Å². The molecule has 1 aromatic rings. The third kappa shape index (κ3) is 6.47. The van der Waals surface area contributed by atoms with E-state index in [4.69, 9.17) is 9.47 Å². The van der Waals surface area contributed by atoms with E-state index in [0.717, 1.165) is 0 Å². The second kappa shape index (κ2) is 9.75. The van der Waals surface area contributed by atoms with Crippen molar-refractivity contribution in [1.29, 1.82) is 0 Å². The molecule has 0 saturated carbocycles. The number of carbonyl (C=O) groups is 4. The van der Waals surface area contributed by atoms with Gasteiger partial charge < -0.3 is 19.9 Å². The van der Waals surface area contributed by atoms with Gasteiger partial charge in [-0.2, -0.15) is 0 Å². The highest BCUT2D eigenvalue weighted by Crippen LogP contribution is 2.39. The largest absolute Gasteiger partial charge is 0.484 e. The van der Waals surface area contributed by atoms with Crippen molar-refractivity contribution in [2.24, 2.45) is 0 Å². The Kier molecular flexibility index (Phi) is 7.63. The minimum absolute atomic E-state index is 0.344. The van der Waals surface area contributed by atoms with E-state index >= 15 is 0 Å². The lowest BCUT2D eigenvalue weighted by atomic mass is 10.0. The standard InChI is InChI=1S/C19H24N2O7S/c1-11(22)9-28-18(26)14(16-21-15(17(24)25)19(2,3)29-16)20-13(23)10-27-12-7-5-4-6-8-12/h4-8,14-16,21H,9-10H2,1-3H3,(H,20,23)(H,24,25)/t14-,15-,16+/m0/s1. The van der Waals surface area contributed by atoms with Gasteiger partial charge in [-0.05, 0) is 32.9 Å². The third-order valence-corrected chi connectivity index (χ3v) is 5.61. The summed E-state index contributed by atoms with van der Waals surface area (Å²) in [5.74, 6) is -2.36. The van der Waals surface area contributed by atoms with Crippen molar-refractivity contribution in [1.82, 2.24) is 10.6 Å². The lowest BCUT2D eigenvalue weighted by Gasteiger charge is -2.23. The van der Waals surface area contributed by atoms with Gasteiger partial charge in [0.05, 0.1) is 5.37 Å². The number of ketones is 1. The van der Waals surface area contributed by atoms with Crippen molar-refractivity contribution in [2.75, 3.05) is 13.2 Å². The van der Waals surface area contributed by atoms with Crippen LogP contribution in [0.2, 0.25) is 0 Å². The Morgan fingerprint density at radius 1 is 1.21 bits per heavy atom. The summed E-state index contributed by atoms with van der Waals surface area (Å²) in [5, 5.41) is 14.0. The van der Waals surface area contributed by atoms with E-state index in [1.165, 1.54) is 18.7 Å².